The molecule has 0 amide bonds. The lowest BCUT2D eigenvalue weighted by molar-refractivity contribution is 1.01. The van der Waals surface area contributed by atoms with Crippen LogP contribution in [0.2, 0.25) is 0 Å². The minimum absolute atomic E-state index is 0.495. The molecule has 0 saturated carbocycles. The third-order valence-corrected chi connectivity index (χ3v) is 17.7. The molecule has 412 valence electrons. The van der Waals surface area contributed by atoms with Gasteiger partial charge in [0.05, 0.1) is 78.1 Å². The molecular weight excluding hydrogens is 1060 g/mol. The van der Waals surface area contributed by atoms with E-state index in [9.17, 15) is 0 Å². The van der Waals surface area contributed by atoms with Crippen LogP contribution in [0.15, 0.2) is 249 Å². The molecule has 17 aromatic rings. The Morgan fingerprint density at radius 2 is 0.540 bits per heavy atom. The second-order valence-corrected chi connectivity index (χ2v) is 23.3. The van der Waals surface area contributed by atoms with E-state index in [2.05, 4.69) is 289 Å². The van der Waals surface area contributed by atoms with Gasteiger partial charge in [-0.3, -0.25) is 4.98 Å². The molecule has 8 heteroatoms. The highest BCUT2D eigenvalue weighted by atomic mass is 15.2. The van der Waals surface area contributed by atoms with Crippen LogP contribution in [0.1, 0.15) is 27.9 Å². The summed E-state index contributed by atoms with van der Waals surface area (Å²) in [6.45, 7) is 10.9. The number of nitrogens with zero attached hydrogens (tertiary/aromatic N) is 8. The fourth-order valence-corrected chi connectivity index (χ4v) is 13.9. The van der Waals surface area contributed by atoms with E-state index in [0.29, 0.717) is 17.5 Å². The van der Waals surface area contributed by atoms with Crippen molar-refractivity contribution in [2.24, 2.45) is 0 Å². The number of hydrogen-bond donors (Lipinski definition) is 0. The minimum Gasteiger partial charge on any atom is -0.306 e. The van der Waals surface area contributed by atoms with Crippen LogP contribution in [0.25, 0.3) is 155 Å². The highest BCUT2D eigenvalue weighted by molar-refractivity contribution is 6.18. The summed E-state index contributed by atoms with van der Waals surface area (Å²) in [7, 11) is 0. The van der Waals surface area contributed by atoms with Gasteiger partial charge >= 0.3 is 0 Å². The van der Waals surface area contributed by atoms with Crippen molar-refractivity contribution in [1.82, 2.24) is 38.2 Å². The highest BCUT2D eigenvalue weighted by Crippen LogP contribution is 2.54. The Balaban J connectivity index is 1.27. The lowest BCUT2D eigenvalue weighted by Crippen LogP contribution is -2.17. The fraction of sp³-hybridized carbons (Fsp3) is 0.0633. The number of pyridine rings is 1. The smallest absolute Gasteiger partial charge is 0.167 e. The first-order valence-corrected chi connectivity index (χ1v) is 29.8. The number of para-hydroxylation sites is 4. The van der Waals surface area contributed by atoms with Crippen LogP contribution in [-0.4, -0.2) is 38.2 Å². The molecule has 0 saturated heterocycles. The molecule has 0 aliphatic rings. The van der Waals surface area contributed by atoms with Crippen LogP contribution in [0, 0.1) is 34.6 Å². The largest absolute Gasteiger partial charge is 0.306 e. The molecule has 0 bridgehead atoms. The third-order valence-electron chi connectivity index (χ3n) is 17.7. The molecule has 0 spiro atoms. The molecule has 0 N–H and O–H groups in total. The van der Waals surface area contributed by atoms with Crippen molar-refractivity contribution in [3.05, 3.63) is 277 Å². The van der Waals surface area contributed by atoms with E-state index >= 15 is 0 Å². The van der Waals surface area contributed by atoms with E-state index in [4.69, 9.17) is 19.9 Å². The van der Waals surface area contributed by atoms with Crippen LogP contribution in [-0.2, 0) is 0 Å². The van der Waals surface area contributed by atoms with E-state index in [-0.39, 0.29) is 0 Å². The first-order chi connectivity index (χ1) is 42.7. The zero-order valence-corrected chi connectivity index (χ0v) is 48.7. The molecule has 0 atom stereocenters. The maximum atomic E-state index is 5.88. The molecule has 17 rings (SSSR count). The molecule has 0 radical (unpaired) electrons. The molecule has 6 aromatic heterocycles. The van der Waals surface area contributed by atoms with Crippen molar-refractivity contribution in [2.45, 2.75) is 34.6 Å². The van der Waals surface area contributed by atoms with Crippen molar-refractivity contribution in [2.75, 3.05) is 0 Å². The Bertz CT molecular complexity index is 5640. The van der Waals surface area contributed by atoms with Crippen LogP contribution in [0.3, 0.4) is 0 Å². The fourth-order valence-electron chi connectivity index (χ4n) is 13.9. The summed E-state index contributed by atoms with van der Waals surface area (Å²) in [4.78, 5) is 22.9. The molecule has 87 heavy (non-hydrogen) atoms. The summed E-state index contributed by atoms with van der Waals surface area (Å²) in [6.07, 6.45) is 0. The molecule has 0 fully saturated rings. The summed E-state index contributed by atoms with van der Waals surface area (Å²) in [5, 5.41) is 9.14. The molecule has 0 aliphatic heterocycles. The van der Waals surface area contributed by atoms with Crippen molar-refractivity contribution in [1.29, 1.82) is 0 Å². The van der Waals surface area contributed by atoms with Gasteiger partial charge in [0, 0.05) is 65.5 Å². The van der Waals surface area contributed by atoms with Gasteiger partial charge in [-0.2, -0.15) is 0 Å². The SMILES string of the molecule is Cc1ccc2c(c1)c1ccccc1n2-c1c(-c2cccc(C)n2)c(-c2nc(-c3ccccc3)nc(-c3ccccc3)n2)c(-n2c3ccccc3c3cc(C)ccc32)c(-n2c3ccccc3c3cc(C)ccc32)c1-n1c2ccccc2c2cc(C)ccc21. The van der Waals surface area contributed by atoms with E-state index in [1.807, 2.05) is 12.1 Å². The predicted molar refractivity (Wildman–Crippen MR) is 360 cm³/mol. The third kappa shape index (κ3) is 7.70. The van der Waals surface area contributed by atoms with Gasteiger partial charge in [0.1, 0.15) is 0 Å². The number of aromatic nitrogens is 8. The van der Waals surface area contributed by atoms with Gasteiger partial charge in [0.25, 0.3) is 0 Å². The van der Waals surface area contributed by atoms with Crippen molar-refractivity contribution >= 4 is 87.2 Å². The average molecular weight is 1120 g/mol. The summed E-state index contributed by atoms with van der Waals surface area (Å²) < 4.78 is 10.2. The van der Waals surface area contributed by atoms with E-state index < -0.39 is 0 Å². The zero-order valence-electron chi connectivity index (χ0n) is 48.7. The van der Waals surface area contributed by atoms with Gasteiger partial charge in [0.2, 0.25) is 0 Å². The second kappa shape index (κ2) is 19.4. The summed E-state index contributed by atoms with van der Waals surface area (Å²) in [5.74, 6) is 1.60. The summed E-state index contributed by atoms with van der Waals surface area (Å²) >= 11 is 0. The molecule has 8 nitrogen and oxygen atoms in total. The Morgan fingerprint density at radius 3 is 0.908 bits per heavy atom. The maximum Gasteiger partial charge on any atom is 0.167 e. The average Bonchev–Trinajstić information content (AvgIpc) is 1.63. The Labute approximate surface area is 502 Å². The zero-order chi connectivity index (χ0) is 58.2. The topological polar surface area (TPSA) is 71.3 Å². The number of fused-ring (bicyclic) bond motifs is 12. The predicted octanol–water partition coefficient (Wildman–Crippen LogP) is 19.9. The lowest BCUT2D eigenvalue weighted by atomic mass is 9.93. The lowest BCUT2D eigenvalue weighted by Gasteiger charge is -2.30. The van der Waals surface area contributed by atoms with Crippen LogP contribution in [0.4, 0.5) is 0 Å². The van der Waals surface area contributed by atoms with Gasteiger partial charge in [-0.05, 0) is 120 Å². The molecule has 0 aliphatic carbocycles. The summed E-state index contributed by atoms with van der Waals surface area (Å²) in [6, 6.07) is 90.5. The van der Waals surface area contributed by atoms with Crippen LogP contribution < -0.4 is 0 Å². The van der Waals surface area contributed by atoms with E-state index in [1.165, 1.54) is 22.3 Å². The monoisotopic (exact) mass is 1120 g/mol. The van der Waals surface area contributed by atoms with Crippen molar-refractivity contribution < 1.29 is 0 Å². The van der Waals surface area contributed by atoms with Gasteiger partial charge in [-0.1, -0.05) is 186 Å². The van der Waals surface area contributed by atoms with Gasteiger partial charge in [-0.15, -0.1) is 0 Å². The van der Waals surface area contributed by atoms with Crippen molar-refractivity contribution in [3.63, 3.8) is 0 Å². The quantitative estimate of drug-likeness (QED) is 0.152. The second-order valence-electron chi connectivity index (χ2n) is 23.3. The Kier molecular flexibility index (Phi) is 11.2. The first kappa shape index (κ1) is 50.3. The minimum atomic E-state index is 0.495. The molecule has 0 unspecified atom stereocenters. The van der Waals surface area contributed by atoms with Gasteiger partial charge < -0.3 is 18.3 Å². The number of rotatable bonds is 8. The number of benzene rings is 11. The maximum absolute atomic E-state index is 5.88. The number of hydrogen-bond acceptors (Lipinski definition) is 4. The molecule has 6 heterocycles. The molecule has 11 aromatic carbocycles. The van der Waals surface area contributed by atoms with Crippen molar-refractivity contribution in [3.8, 4) is 68.2 Å². The Hall–Kier alpha value is -11.2. The highest BCUT2D eigenvalue weighted by Gasteiger charge is 2.37. The first-order valence-electron chi connectivity index (χ1n) is 29.8. The van der Waals surface area contributed by atoms with Gasteiger partial charge in [0.15, 0.2) is 17.5 Å². The Morgan fingerprint density at radius 1 is 0.230 bits per heavy atom. The standard InChI is InChI=1S/C79H56N8/c1-47-35-39-67-58(43-47)54-26-12-16-31-63(54)84(67)73-71(62-30-20-21-51(5)80-62)72(79-82-77(52-22-8-6-9-23-52)81-78(83-79)53-24-10-7-11-25-53)74(85-64-32-17-13-27-55(64)59-44-48(2)36-40-68(59)85)76(87-66-34-19-15-29-57(66)61-46-50(4)38-42-70(61)87)75(73)86-65-33-18-14-28-56(65)60-45-49(3)37-41-69(60)86/h6-46H,1-5H3. The molecular formula is C79H56N8. The van der Waals surface area contributed by atoms with Crippen LogP contribution in [0.5, 0.6) is 0 Å². The van der Waals surface area contributed by atoms with Crippen LogP contribution >= 0.6 is 0 Å². The van der Waals surface area contributed by atoms with E-state index in [0.717, 1.165) is 144 Å². The number of aryl methyl sites for hydroxylation is 5. The summed E-state index contributed by atoms with van der Waals surface area (Å²) in [5.41, 5.74) is 21.8. The van der Waals surface area contributed by atoms with E-state index in [1.54, 1.807) is 0 Å². The normalized spacial score (nSPS) is 12.0. The van der Waals surface area contributed by atoms with Gasteiger partial charge in [-0.25, -0.2) is 15.0 Å².